The van der Waals surface area contributed by atoms with E-state index in [1.807, 2.05) is 0 Å². The number of aromatic nitrogens is 4. The first-order chi connectivity index (χ1) is 8.74. The predicted octanol–water partition coefficient (Wildman–Crippen LogP) is 1.27. The van der Waals surface area contributed by atoms with Gasteiger partial charge in [0.1, 0.15) is 5.39 Å². The smallest absolute Gasteiger partial charge is 0.263 e. The maximum atomic E-state index is 11.9. The zero-order chi connectivity index (χ0) is 12.5. The summed E-state index contributed by atoms with van der Waals surface area (Å²) in [7, 11) is 0. The van der Waals surface area contributed by atoms with Crippen molar-refractivity contribution in [3.63, 3.8) is 0 Å². The number of hydrogen-bond donors (Lipinski definition) is 2. The van der Waals surface area contributed by atoms with Crippen molar-refractivity contribution in [2.45, 2.75) is 26.2 Å². The summed E-state index contributed by atoms with van der Waals surface area (Å²) in [6.07, 6.45) is 5.04. The van der Waals surface area contributed by atoms with Crippen molar-refractivity contribution in [3.8, 4) is 0 Å². The standard InChI is InChI=1S/C12H17N5O/c1-8-3-2-5-17(6-4-8)12-14-10-9(7-13-16-10)11(18)15-12/h7-8H,2-6H2,1H3,(H2,13,14,15,16,18). The summed E-state index contributed by atoms with van der Waals surface area (Å²) in [4.78, 5) is 21.3. The second-order valence-electron chi connectivity index (χ2n) is 5.04. The van der Waals surface area contributed by atoms with Gasteiger partial charge in [-0.2, -0.15) is 10.1 Å². The molecule has 6 heteroatoms. The van der Waals surface area contributed by atoms with Crippen molar-refractivity contribution >= 4 is 17.0 Å². The van der Waals surface area contributed by atoms with Crippen LogP contribution in [0.1, 0.15) is 26.2 Å². The Morgan fingerprint density at radius 2 is 2.28 bits per heavy atom. The molecule has 96 valence electrons. The molecule has 3 heterocycles. The van der Waals surface area contributed by atoms with Crippen LogP contribution in [0.4, 0.5) is 5.95 Å². The van der Waals surface area contributed by atoms with Crippen molar-refractivity contribution in [2.24, 2.45) is 5.92 Å². The summed E-state index contributed by atoms with van der Waals surface area (Å²) in [6, 6.07) is 0. The molecule has 1 atom stereocenters. The van der Waals surface area contributed by atoms with Crippen molar-refractivity contribution in [1.82, 2.24) is 20.2 Å². The number of fused-ring (bicyclic) bond motifs is 1. The number of H-pyrrole nitrogens is 2. The molecule has 1 saturated heterocycles. The van der Waals surface area contributed by atoms with Gasteiger partial charge in [-0.3, -0.25) is 14.9 Å². The Kier molecular flexibility index (Phi) is 2.77. The summed E-state index contributed by atoms with van der Waals surface area (Å²) in [5.74, 6) is 1.41. The van der Waals surface area contributed by atoms with Crippen LogP contribution in [0.5, 0.6) is 0 Å². The van der Waals surface area contributed by atoms with Crippen molar-refractivity contribution in [2.75, 3.05) is 18.0 Å². The van der Waals surface area contributed by atoms with E-state index in [1.165, 1.54) is 12.6 Å². The van der Waals surface area contributed by atoms with Crippen molar-refractivity contribution < 1.29 is 0 Å². The molecule has 0 saturated carbocycles. The normalized spacial score (nSPS) is 21.2. The minimum Gasteiger partial charge on any atom is -0.342 e. The molecule has 18 heavy (non-hydrogen) atoms. The van der Waals surface area contributed by atoms with Crippen LogP contribution in [0.25, 0.3) is 11.0 Å². The lowest BCUT2D eigenvalue weighted by atomic mass is 10.0. The van der Waals surface area contributed by atoms with Gasteiger partial charge in [0.25, 0.3) is 5.56 Å². The summed E-state index contributed by atoms with van der Waals surface area (Å²) >= 11 is 0. The van der Waals surface area contributed by atoms with E-state index < -0.39 is 0 Å². The SMILES string of the molecule is CC1CCCN(c2nc3[nH]ncc3c(=O)[nH]2)CC1. The minimum atomic E-state index is -0.124. The third-order valence-corrected chi connectivity index (χ3v) is 3.62. The third-order valence-electron chi connectivity index (χ3n) is 3.62. The summed E-state index contributed by atoms with van der Waals surface area (Å²) in [5.41, 5.74) is 0.437. The monoisotopic (exact) mass is 247 g/mol. The largest absolute Gasteiger partial charge is 0.342 e. The van der Waals surface area contributed by atoms with Gasteiger partial charge in [0.2, 0.25) is 5.95 Å². The molecule has 3 rings (SSSR count). The molecule has 1 aliphatic rings. The quantitative estimate of drug-likeness (QED) is 0.795. The number of aromatic amines is 2. The maximum Gasteiger partial charge on any atom is 0.263 e. The fourth-order valence-electron chi connectivity index (χ4n) is 2.46. The second-order valence-corrected chi connectivity index (χ2v) is 5.04. The van der Waals surface area contributed by atoms with E-state index in [0.717, 1.165) is 31.8 Å². The van der Waals surface area contributed by atoms with E-state index in [2.05, 4.69) is 32.0 Å². The van der Waals surface area contributed by atoms with Crippen LogP contribution in [0.15, 0.2) is 11.0 Å². The van der Waals surface area contributed by atoms with Gasteiger partial charge in [0, 0.05) is 13.1 Å². The fourth-order valence-corrected chi connectivity index (χ4v) is 2.46. The first-order valence-electron chi connectivity index (χ1n) is 6.42. The van der Waals surface area contributed by atoms with E-state index in [4.69, 9.17) is 0 Å². The molecule has 2 aromatic rings. The van der Waals surface area contributed by atoms with Crippen LogP contribution in [-0.4, -0.2) is 33.3 Å². The van der Waals surface area contributed by atoms with Gasteiger partial charge in [0.05, 0.1) is 6.20 Å². The zero-order valence-corrected chi connectivity index (χ0v) is 10.4. The van der Waals surface area contributed by atoms with Crippen LogP contribution in [0.3, 0.4) is 0 Å². The Morgan fingerprint density at radius 1 is 1.39 bits per heavy atom. The Morgan fingerprint density at radius 3 is 3.17 bits per heavy atom. The second kappa shape index (κ2) is 4.44. The number of nitrogens with zero attached hydrogens (tertiary/aromatic N) is 3. The molecule has 0 aliphatic carbocycles. The highest BCUT2D eigenvalue weighted by Crippen LogP contribution is 2.19. The molecule has 1 aliphatic heterocycles. The Hall–Kier alpha value is -1.85. The van der Waals surface area contributed by atoms with Gasteiger partial charge in [-0.15, -0.1) is 0 Å². The van der Waals surface area contributed by atoms with Crippen LogP contribution in [0.2, 0.25) is 0 Å². The Labute approximate surface area is 104 Å². The molecule has 1 unspecified atom stereocenters. The van der Waals surface area contributed by atoms with E-state index in [1.54, 1.807) is 0 Å². The summed E-state index contributed by atoms with van der Waals surface area (Å²) < 4.78 is 0. The average molecular weight is 247 g/mol. The molecule has 0 amide bonds. The number of rotatable bonds is 1. The molecule has 0 aromatic carbocycles. The molecule has 2 aromatic heterocycles. The number of nitrogens with one attached hydrogen (secondary N) is 2. The van der Waals surface area contributed by atoms with E-state index in [0.29, 0.717) is 17.0 Å². The van der Waals surface area contributed by atoms with Gasteiger partial charge in [0.15, 0.2) is 5.65 Å². The van der Waals surface area contributed by atoms with Crippen LogP contribution in [0, 0.1) is 5.92 Å². The van der Waals surface area contributed by atoms with E-state index in [-0.39, 0.29) is 5.56 Å². The van der Waals surface area contributed by atoms with Crippen molar-refractivity contribution in [1.29, 1.82) is 0 Å². The first kappa shape index (κ1) is 11.3. The summed E-state index contributed by atoms with van der Waals surface area (Å²) in [6.45, 7) is 4.18. The van der Waals surface area contributed by atoms with Gasteiger partial charge in [-0.1, -0.05) is 6.92 Å². The molecular formula is C12H17N5O. The van der Waals surface area contributed by atoms with Crippen molar-refractivity contribution in [3.05, 3.63) is 16.6 Å². The zero-order valence-electron chi connectivity index (χ0n) is 10.4. The van der Waals surface area contributed by atoms with Crippen LogP contribution >= 0.6 is 0 Å². The maximum absolute atomic E-state index is 11.9. The molecule has 2 N–H and O–H groups in total. The van der Waals surface area contributed by atoms with Gasteiger partial charge in [-0.05, 0) is 25.2 Å². The molecule has 0 bridgehead atoms. The van der Waals surface area contributed by atoms with Gasteiger partial charge in [-0.25, -0.2) is 0 Å². The lowest BCUT2D eigenvalue weighted by molar-refractivity contribution is 0.521. The Bertz CT molecular complexity index is 602. The van der Waals surface area contributed by atoms with Crippen LogP contribution < -0.4 is 10.5 Å². The molecule has 6 nitrogen and oxygen atoms in total. The Balaban J connectivity index is 1.95. The fraction of sp³-hybridized carbons (Fsp3) is 0.583. The summed E-state index contributed by atoms with van der Waals surface area (Å²) in [5, 5.41) is 7.13. The highest BCUT2D eigenvalue weighted by atomic mass is 16.1. The average Bonchev–Trinajstić information content (AvgIpc) is 2.72. The molecular weight excluding hydrogens is 230 g/mol. The molecule has 1 fully saturated rings. The van der Waals surface area contributed by atoms with Crippen LogP contribution in [-0.2, 0) is 0 Å². The third kappa shape index (κ3) is 1.98. The highest BCUT2D eigenvalue weighted by Gasteiger charge is 2.17. The van der Waals surface area contributed by atoms with Gasteiger partial charge < -0.3 is 4.90 Å². The number of anilines is 1. The minimum absolute atomic E-state index is 0.124. The number of hydrogen-bond acceptors (Lipinski definition) is 4. The lowest BCUT2D eigenvalue weighted by Crippen LogP contribution is -2.28. The predicted molar refractivity (Wildman–Crippen MR) is 69.7 cm³/mol. The first-order valence-corrected chi connectivity index (χ1v) is 6.42. The highest BCUT2D eigenvalue weighted by molar-refractivity contribution is 5.73. The molecule has 0 spiro atoms. The van der Waals surface area contributed by atoms with E-state index in [9.17, 15) is 4.79 Å². The lowest BCUT2D eigenvalue weighted by Gasteiger charge is -2.20. The topological polar surface area (TPSA) is 77.7 Å². The molecule has 0 radical (unpaired) electrons. The van der Waals surface area contributed by atoms with Gasteiger partial charge >= 0.3 is 0 Å². The van der Waals surface area contributed by atoms with E-state index >= 15 is 0 Å².